The van der Waals surface area contributed by atoms with Gasteiger partial charge in [-0.2, -0.15) is 13.2 Å². The fourth-order valence-electron chi connectivity index (χ4n) is 1.87. The second kappa shape index (κ2) is 6.54. The fraction of sp³-hybridized carbons (Fsp3) is 0.571. The van der Waals surface area contributed by atoms with Crippen LogP contribution < -0.4 is 5.73 Å². The molecule has 0 unspecified atom stereocenters. The van der Waals surface area contributed by atoms with Crippen molar-refractivity contribution in [2.24, 2.45) is 11.7 Å². The van der Waals surface area contributed by atoms with E-state index < -0.39 is 29.7 Å². The molecule has 0 heterocycles. The molecule has 0 bridgehead atoms. The zero-order valence-electron chi connectivity index (χ0n) is 11.4. The lowest BCUT2D eigenvalue weighted by Crippen LogP contribution is -2.27. The van der Waals surface area contributed by atoms with Crippen molar-refractivity contribution in [1.29, 1.82) is 0 Å². The maximum atomic E-state index is 13.3. The van der Waals surface area contributed by atoms with E-state index in [0.717, 1.165) is 12.1 Å². The first-order valence-corrected chi connectivity index (χ1v) is 6.42. The van der Waals surface area contributed by atoms with E-state index in [1.54, 1.807) is 0 Å². The van der Waals surface area contributed by atoms with Crippen LogP contribution in [0.3, 0.4) is 0 Å². The molecule has 0 radical (unpaired) electrons. The molecule has 0 spiro atoms. The highest BCUT2D eigenvalue weighted by Gasteiger charge is 2.32. The van der Waals surface area contributed by atoms with Crippen molar-refractivity contribution in [2.75, 3.05) is 0 Å². The SMILES string of the molecule is CC(C)CC[C@@H](O)[C@@H](N)c1cc(F)cc(C(F)(F)F)c1. The van der Waals surface area contributed by atoms with Crippen molar-refractivity contribution in [3.63, 3.8) is 0 Å². The van der Waals surface area contributed by atoms with Crippen molar-refractivity contribution >= 4 is 0 Å². The number of rotatable bonds is 5. The van der Waals surface area contributed by atoms with Crippen molar-refractivity contribution in [2.45, 2.75) is 45.0 Å². The molecule has 2 nitrogen and oxygen atoms in total. The molecule has 0 fully saturated rings. The van der Waals surface area contributed by atoms with Crippen LogP contribution in [0.4, 0.5) is 17.6 Å². The van der Waals surface area contributed by atoms with Crippen LogP contribution in [0.5, 0.6) is 0 Å². The summed E-state index contributed by atoms with van der Waals surface area (Å²) in [5.74, 6) is -0.670. The number of alkyl halides is 3. The lowest BCUT2D eigenvalue weighted by Gasteiger charge is -2.21. The predicted molar refractivity (Wildman–Crippen MR) is 68.4 cm³/mol. The van der Waals surface area contributed by atoms with Gasteiger partial charge in [0.05, 0.1) is 17.7 Å². The Morgan fingerprint density at radius 1 is 1.15 bits per heavy atom. The quantitative estimate of drug-likeness (QED) is 0.814. The van der Waals surface area contributed by atoms with Crippen LogP contribution >= 0.6 is 0 Å². The van der Waals surface area contributed by atoms with Gasteiger partial charge in [-0.15, -0.1) is 0 Å². The van der Waals surface area contributed by atoms with E-state index in [1.807, 2.05) is 13.8 Å². The molecule has 0 saturated heterocycles. The molecule has 2 atom stereocenters. The molecule has 0 aliphatic carbocycles. The number of aliphatic hydroxyl groups excluding tert-OH is 1. The molecule has 0 amide bonds. The van der Waals surface area contributed by atoms with Crippen LogP contribution in [0, 0.1) is 11.7 Å². The van der Waals surface area contributed by atoms with Gasteiger partial charge in [0, 0.05) is 0 Å². The average Bonchev–Trinajstić information content (AvgIpc) is 2.33. The normalized spacial score (nSPS) is 15.4. The molecular weight excluding hydrogens is 274 g/mol. The molecule has 0 aliphatic rings. The Balaban J connectivity index is 2.92. The van der Waals surface area contributed by atoms with E-state index in [4.69, 9.17) is 5.73 Å². The summed E-state index contributed by atoms with van der Waals surface area (Å²) >= 11 is 0. The van der Waals surface area contributed by atoms with E-state index in [2.05, 4.69) is 0 Å². The molecule has 1 rings (SSSR count). The van der Waals surface area contributed by atoms with Gasteiger partial charge in [-0.05, 0) is 42.5 Å². The van der Waals surface area contributed by atoms with Gasteiger partial charge in [-0.25, -0.2) is 4.39 Å². The molecule has 20 heavy (non-hydrogen) atoms. The van der Waals surface area contributed by atoms with Crippen LogP contribution in [0.2, 0.25) is 0 Å². The molecule has 6 heteroatoms. The molecule has 114 valence electrons. The number of hydrogen-bond donors (Lipinski definition) is 2. The first-order chi connectivity index (χ1) is 9.11. The Morgan fingerprint density at radius 3 is 2.25 bits per heavy atom. The minimum absolute atomic E-state index is 0.0476. The third-order valence-electron chi connectivity index (χ3n) is 3.09. The Hall–Kier alpha value is -1.14. The molecular formula is C14H19F4NO. The summed E-state index contributed by atoms with van der Waals surface area (Å²) in [5.41, 5.74) is 4.58. The van der Waals surface area contributed by atoms with Gasteiger partial charge in [0.25, 0.3) is 0 Å². The predicted octanol–water partition coefficient (Wildman–Crippen LogP) is 3.64. The van der Waals surface area contributed by atoms with Crippen molar-refractivity contribution in [3.05, 3.63) is 35.1 Å². The van der Waals surface area contributed by atoms with Crippen LogP contribution in [-0.2, 0) is 6.18 Å². The number of halogens is 4. The van der Waals surface area contributed by atoms with Gasteiger partial charge in [-0.1, -0.05) is 13.8 Å². The van der Waals surface area contributed by atoms with Gasteiger partial charge in [0.15, 0.2) is 0 Å². The van der Waals surface area contributed by atoms with Crippen LogP contribution in [0.15, 0.2) is 18.2 Å². The van der Waals surface area contributed by atoms with E-state index in [0.29, 0.717) is 24.8 Å². The highest BCUT2D eigenvalue weighted by molar-refractivity contribution is 5.29. The topological polar surface area (TPSA) is 46.2 Å². The van der Waals surface area contributed by atoms with Crippen LogP contribution in [0.1, 0.15) is 43.9 Å². The van der Waals surface area contributed by atoms with E-state index in [1.165, 1.54) is 0 Å². The van der Waals surface area contributed by atoms with Gasteiger partial charge >= 0.3 is 6.18 Å². The van der Waals surface area contributed by atoms with E-state index >= 15 is 0 Å². The van der Waals surface area contributed by atoms with Gasteiger partial charge in [0.2, 0.25) is 0 Å². The Morgan fingerprint density at radius 2 is 1.75 bits per heavy atom. The van der Waals surface area contributed by atoms with Gasteiger partial charge in [0.1, 0.15) is 5.82 Å². The zero-order chi connectivity index (χ0) is 15.5. The highest BCUT2D eigenvalue weighted by Crippen LogP contribution is 2.32. The Bertz CT molecular complexity index is 445. The van der Waals surface area contributed by atoms with Crippen molar-refractivity contribution < 1.29 is 22.7 Å². The third-order valence-corrected chi connectivity index (χ3v) is 3.09. The number of nitrogens with two attached hydrogens (primary N) is 1. The maximum absolute atomic E-state index is 13.3. The second-order valence-electron chi connectivity index (χ2n) is 5.34. The molecule has 1 aromatic rings. The lowest BCUT2D eigenvalue weighted by atomic mass is 9.95. The Labute approximate surface area is 115 Å². The second-order valence-corrected chi connectivity index (χ2v) is 5.34. The average molecular weight is 293 g/mol. The van der Waals surface area contributed by atoms with Crippen LogP contribution in [0.25, 0.3) is 0 Å². The molecule has 0 aromatic heterocycles. The largest absolute Gasteiger partial charge is 0.416 e. The summed E-state index contributed by atoms with van der Waals surface area (Å²) < 4.78 is 51.0. The van der Waals surface area contributed by atoms with E-state index in [9.17, 15) is 22.7 Å². The fourth-order valence-corrected chi connectivity index (χ4v) is 1.87. The number of benzene rings is 1. The summed E-state index contributed by atoms with van der Waals surface area (Å²) in [6.07, 6.45) is -4.59. The standard InChI is InChI=1S/C14H19F4NO/c1-8(2)3-4-12(20)13(19)9-5-10(14(16,17)18)7-11(15)6-9/h5-8,12-13,20H,3-4,19H2,1-2H3/t12-,13+/m1/s1. The lowest BCUT2D eigenvalue weighted by molar-refractivity contribution is -0.137. The zero-order valence-corrected chi connectivity index (χ0v) is 11.4. The summed E-state index contributed by atoms with van der Waals surface area (Å²) in [5, 5.41) is 9.88. The summed E-state index contributed by atoms with van der Waals surface area (Å²) in [6.45, 7) is 3.92. The maximum Gasteiger partial charge on any atom is 0.416 e. The summed E-state index contributed by atoms with van der Waals surface area (Å²) in [6, 6.07) is 1.09. The van der Waals surface area contributed by atoms with Crippen LogP contribution in [-0.4, -0.2) is 11.2 Å². The number of aliphatic hydroxyl groups is 1. The van der Waals surface area contributed by atoms with Crippen molar-refractivity contribution in [3.8, 4) is 0 Å². The first kappa shape index (κ1) is 16.9. The molecule has 1 aromatic carbocycles. The molecule has 0 aliphatic heterocycles. The van der Waals surface area contributed by atoms with Gasteiger partial charge < -0.3 is 10.8 Å². The molecule has 3 N–H and O–H groups in total. The van der Waals surface area contributed by atoms with Gasteiger partial charge in [-0.3, -0.25) is 0 Å². The summed E-state index contributed by atoms with van der Waals surface area (Å²) in [4.78, 5) is 0. The minimum Gasteiger partial charge on any atom is -0.391 e. The highest BCUT2D eigenvalue weighted by atomic mass is 19.4. The Kier molecular flexibility index (Phi) is 5.53. The molecule has 0 saturated carbocycles. The third kappa shape index (κ3) is 4.76. The smallest absolute Gasteiger partial charge is 0.391 e. The first-order valence-electron chi connectivity index (χ1n) is 6.42. The monoisotopic (exact) mass is 293 g/mol. The van der Waals surface area contributed by atoms with Crippen molar-refractivity contribution in [1.82, 2.24) is 0 Å². The van der Waals surface area contributed by atoms with E-state index in [-0.39, 0.29) is 5.56 Å². The number of hydrogen-bond acceptors (Lipinski definition) is 2. The minimum atomic E-state index is -4.64. The summed E-state index contributed by atoms with van der Waals surface area (Å²) in [7, 11) is 0.